The topological polar surface area (TPSA) is 59.8 Å². The first kappa shape index (κ1) is 11.6. The second kappa shape index (κ2) is 4.52. The highest BCUT2D eigenvalue weighted by molar-refractivity contribution is 8.02. The van der Waals surface area contributed by atoms with Crippen molar-refractivity contribution in [1.82, 2.24) is 13.9 Å². The van der Waals surface area contributed by atoms with Crippen molar-refractivity contribution in [1.29, 1.82) is 0 Å². The van der Waals surface area contributed by atoms with Crippen molar-refractivity contribution in [2.45, 2.75) is 19.9 Å². The van der Waals surface area contributed by atoms with E-state index in [1.807, 2.05) is 6.92 Å². The fourth-order valence-corrected chi connectivity index (χ4v) is 2.95. The summed E-state index contributed by atoms with van der Waals surface area (Å²) < 4.78 is 3.10. The van der Waals surface area contributed by atoms with E-state index in [4.69, 9.17) is 0 Å². The van der Waals surface area contributed by atoms with E-state index in [1.165, 1.54) is 4.34 Å². The normalized spacial score (nSPS) is 11.9. The van der Waals surface area contributed by atoms with Crippen LogP contribution in [0, 0.1) is 0 Å². The molecule has 0 aliphatic heterocycles. The lowest BCUT2D eigenvalue weighted by Crippen LogP contribution is -2.21. The number of fused-ring (bicyclic) bond motifs is 1. The number of aryl methyl sites for hydroxylation is 1. The van der Waals surface area contributed by atoms with E-state index >= 15 is 0 Å². The van der Waals surface area contributed by atoms with Crippen molar-refractivity contribution in [3.05, 3.63) is 33.1 Å². The van der Waals surface area contributed by atoms with Crippen LogP contribution >= 0.6 is 17.3 Å². The predicted octanol–water partition coefficient (Wildman–Crippen LogP) is 1.13. The minimum atomic E-state index is -0.227. The monoisotopic (exact) mass is 257 g/mol. The number of nitrogens with zero attached hydrogens (tertiary/aromatic N) is 2. The first-order valence-corrected chi connectivity index (χ1v) is 7.75. The molecule has 0 bridgehead atoms. The van der Waals surface area contributed by atoms with E-state index in [2.05, 4.69) is 13.9 Å². The third kappa shape index (κ3) is 1.74. The Kier molecular flexibility index (Phi) is 3.27. The molecule has 0 radical (unpaired) electrons. The molecule has 2 aromatic heterocycles. The van der Waals surface area contributed by atoms with Crippen molar-refractivity contribution in [3.63, 3.8) is 0 Å². The van der Waals surface area contributed by atoms with Crippen LogP contribution in [-0.4, -0.2) is 13.9 Å². The van der Waals surface area contributed by atoms with E-state index in [0.717, 1.165) is 6.42 Å². The molecule has 7 heteroatoms. The largest absolute Gasteiger partial charge is 0.330 e. The first-order chi connectivity index (χ1) is 7.69. The Bertz CT molecular complexity index is 626. The Morgan fingerprint density at radius 1 is 1.50 bits per heavy atom. The fourth-order valence-electron chi connectivity index (χ4n) is 1.69. The van der Waals surface area contributed by atoms with Gasteiger partial charge in [0.2, 0.25) is 0 Å². The predicted molar refractivity (Wildman–Crippen MR) is 70.5 cm³/mol. The Labute approximate surface area is 95.8 Å². The molecule has 0 aromatic carbocycles. The molecule has 0 amide bonds. The van der Waals surface area contributed by atoms with Crippen LogP contribution in [0.25, 0.3) is 11.0 Å². The molecule has 1 N–H and O–H groups in total. The molecule has 2 heterocycles. The number of hydrogen-bond donors (Lipinski definition) is 1. The van der Waals surface area contributed by atoms with Crippen molar-refractivity contribution >= 4 is 28.4 Å². The van der Waals surface area contributed by atoms with Crippen LogP contribution in [0.15, 0.2) is 21.9 Å². The molecule has 16 heavy (non-hydrogen) atoms. The average Bonchev–Trinajstić information content (AvgIpc) is 2.59. The fraction of sp³-hybridized carbons (Fsp3) is 0.333. The van der Waals surface area contributed by atoms with E-state index in [9.17, 15) is 9.59 Å². The first-order valence-electron chi connectivity index (χ1n) is 4.99. The van der Waals surface area contributed by atoms with Gasteiger partial charge in [0.1, 0.15) is 5.52 Å². The number of hydrogen-bond acceptors (Lipinski definition) is 2. The van der Waals surface area contributed by atoms with Crippen LogP contribution in [0.2, 0.25) is 0 Å². The molecule has 0 fully saturated rings. The second-order valence-electron chi connectivity index (χ2n) is 3.47. The van der Waals surface area contributed by atoms with Gasteiger partial charge in [-0.2, -0.15) is 0 Å². The third-order valence-corrected chi connectivity index (χ3v) is 3.86. The molecule has 5 nitrogen and oxygen atoms in total. The average molecular weight is 257 g/mol. The van der Waals surface area contributed by atoms with Crippen LogP contribution < -0.4 is 11.2 Å². The Morgan fingerprint density at radius 2 is 2.25 bits per heavy atom. The van der Waals surface area contributed by atoms with Gasteiger partial charge in [0.25, 0.3) is 5.56 Å². The number of rotatable bonds is 3. The van der Waals surface area contributed by atoms with Crippen LogP contribution in [0.4, 0.5) is 0 Å². The standard InChI is InChI=1S/C9H13N3O2P2/c1-2-4-11-5-3-6-7(8(11)13)12(16-15)9(14)10-6/h3,5,16H,2,4,15H2,1H3,(H,10,14). The second-order valence-corrected chi connectivity index (χ2v) is 4.95. The maximum Gasteiger partial charge on any atom is 0.330 e. The highest BCUT2D eigenvalue weighted by atomic mass is 32.0. The summed E-state index contributed by atoms with van der Waals surface area (Å²) in [5.74, 6) is 0. The number of imidazole rings is 1. The quantitative estimate of drug-likeness (QED) is 0.838. The highest BCUT2D eigenvalue weighted by Gasteiger charge is 2.10. The molecule has 2 unspecified atom stereocenters. The summed E-state index contributed by atoms with van der Waals surface area (Å²) in [6.07, 6.45) is 2.61. The molecule has 0 saturated carbocycles. The molecule has 0 aliphatic carbocycles. The number of aromatic amines is 1. The summed E-state index contributed by atoms with van der Waals surface area (Å²) in [6.45, 7) is 2.69. The minimum absolute atomic E-state index is 0.104. The van der Waals surface area contributed by atoms with Crippen LogP contribution in [0.1, 0.15) is 13.3 Å². The van der Waals surface area contributed by atoms with Crippen molar-refractivity contribution in [2.24, 2.45) is 0 Å². The van der Waals surface area contributed by atoms with Gasteiger partial charge < -0.3 is 9.55 Å². The molecule has 2 aromatic rings. The Hall–Kier alpha value is -0.920. The van der Waals surface area contributed by atoms with Gasteiger partial charge in [-0.05, 0) is 12.5 Å². The van der Waals surface area contributed by atoms with Crippen molar-refractivity contribution in [3.8, 4) is 0 Å². The SMILES string of the molecule is CCCn1ccc2[nH]c(=O)n(PP)c2c1=O. The van der Waals surface area contributed by atoms with Gasteiger partial charge in [-0.3, -0.25) is 9.13 Å². The summed E-state index contributed by atoms with van der Waals surface area (Å²) in [5, 5.41) is 0. The number of H-pyrrole nitrogens is 1. The van der Waals surface area contributed by atoms with Crippen molar-refractivity contribution < 1.29 is 0 Å². The lowest BCUT2D eigenvalue weighted by atomic mass is 10.4. The molecule has 0 spiro atoms. The summed E-state index contributed by atoms with van der Waals surface area (Å²) in [5.41, 5.74) is 0.744. The molecule has 86 valence electrons. The summed E-state index contributed by atoms with van der Waals surface area (Å²) in [7, 11) is 2.66. The van der Waals surface area contributed by atoms with Crippen LogP contribution in [-0.2, 0) is 6.54 Å². The van der Waals surface area contributed by atoms with Gasteiger partial charge in [-0.25, -0.2) is 4.79 Å². The van der Waals surface area contributed by atoms with Gasteiger partial charge in [0.05, 0.1) is 5.52 Å². The molecular weight excluding hydrogens is 244 g/mol. The van der Waals surface area contributed by atoms with Gasteiger partial charge in [-0.15, -0.1) is 0 Å². The highest BCUT2D eigenvalue weighted by Crippen LogP contribution is 2.23. The summed E-state index contributed by atoms with van der Waals surface area (Å²) >= 11 is 0. The third-order valence-electron chi connectivity index (χ3n) is 2.40. The van der Waals surface area contributed by atoms with E-state index in [-0.39, 0.29) is 19.7 Å². The lowest BCUT2D eigenvalue weighted by Gasteiger charge is -2.04. The molecule has 0 saturated heterocycles. The maximum absolute atomic E-state index is 12.1. The Morgan fingerprint density at radius 3 is 2.88 bits per heavy atom. The maximum atomic E-state index is 12.1. The number of nitrogens with one attached hydrogen (secondary N) is 1. The van der Waals surface area contributed by atoms with Gasteiger partial charge >= 0.3 is 5.69 Å². The smallest absolute Gasteiger partial charge is 0.314 e. The zero-order chi connectivity index (χ0) is 11.7. The van der Waals surface area contributed by atoms with Gasteiger partial charge in [0, 0.05) is 21.2 Å². The molecular formula is C9H13N3O2P2. The zero-order valence-corrected chi connectivity index (χ0v) is 11.0. The van der Waals surface area contributed by atoms with Crippen molar-refractivity contribution in [2.75, 3.05) is 0 Å². The lowest BCUT2D eigenvalue weighted by molar-refractivity contribution is 0.658. The van der Waals surface area contributed by atoms with Gasteiger partial charge in [-0.1, -0.05) is 15.9 Å². The van der Waals surface area contributed by atoms with Crippen LogP contribution in [0.3, 0.4) is 0 Å². The van der Waals surface area contributed by atoms with E-state index in [0.29, 0.717) is 17.6 Å². The van der Waals surface area contributed by atoms with E-state index in [1.54, 1.807) is 16.8 Å². The summed E-state index contributed by atoms with van der Waals surface area (Å²) in [6, 6.07) is 1.77. The zero-order valence-electron chi connectivity index (χ0n) is 8.86. The molecule has 0 aliphatic rings. The Balaban J connectivity index is 2.81. The van der Waals surface area contributed by atoms with E-state index < -0.39 is 0 Å². The van der Waals surface area contributed by atoms with Gasteiger partial charge in [0.15, 0.2) is 0 Å². The molecule has 2 rings (SSSR count). The summed E-state index contributed by atoms with van der Waals surface area (Å²) in [4.78, 5) is 26.3. The number of aromatic nitrogens is 3. The number of pyridine rings is 1. The molecule has 2 atom stereocenters. The van der Waals surface area contributed by atoms with Crippen LogP contribution in [0.5, 0.6) is 0 Å². The minimum Gasteiger partial charge on any atom is -0.314 e.